The molecular weight excluding hydrogens is 245 g/mol. The number of aliphatic hydroxyl groups is 1. The fraction of sp³-hybridized carbons (Fsp3) is 0.429. The third-order valence-corrected chi connectivity index (χ3v) is 3.85. The highest BCUT2D eigenvalue weighted by atomic mass is 19.1. The second kappa shape index (κ2) is 4.42. The smallest absolute Gasteiger partial charge is 0.138 e. The van der Waals surface area contributed by atoms with Crippen LogP contribution in [-0.2, 0) is 25.0 Å². The monoisotopic (exact) mass is 261 g/mol. The van der Waals surface area contributed by atoms with Gasteiger partial charge in [-0.3, -0.25) is 4.68 Å². The van der Waals surface area contributed by atoms with Crippen molar-refractivity contribution in [3.63, 3.8) is 0 Å². The van der Waals surface area contributed by atoms with Crippen LogP contribution in [-0.4, -0.2) is 19.9 Å². The zero-order valence-electron chi connectivity index (χ0n) is 10.8. The van der Waals surface area contributed by atoms with Gasteiger partial charge in [0.15, 0.2) is 0 Å². The maximum Gasteiger partial charge on any atom is 0.138 e. The van der Waals surface area contributed by atoms with Crippen LogP contribution in [0, 0.1) is 5.82 Å². The highest BCUT2D eigenvalue weighted by Crippen LogP contribution is 2.39. The molecule has 0 aliphatic heterocycles. The first-order valence-corrected chi connectivity index (χ1v) is 6.51. The molecule has 1 atom stereocenters. The summed E-state index contributed by atoms with van der Waals surface area (Å²) in [5, 5.41) is 14.9. The molecule has 1 aromatic carbocycles. The van der Waals surface area contributed by atoms with Crippen molar-refractivity contribution in [1.82, 2.24) is 14.8 Å². The van der Waals surface area contributed by atoms with E-state index in [9.17, 15) is 9.50 Å². The van der Waals surface area contributed by atoms with Gasteiger partial charge >= 0.3 is 0 Å². The van der Waals surface area contributed by atoms with E-state index in [1.807, 2.05) is 6.92 Å². The summed E-state index contributed by atoms with van der Waals surface area (Å²) in [4.78, 5) is 4.19. The zero-order valence-corrected chi connectivity index (χ0v) is 10.8. The number of aryl methyl sites for hydroxylation is 1. The van der Waals surface area contributed by atoms with Crippen molar-refractivity contribution in [1.29, 1.82) is 0 Å². The predicted molar refractivity (Wildman–Crippen MR) is 68.0 cm³/mol. The summed E-state index contributed by atoms with van der Waals surface area (Å²) in [5.74, 6) is 0.507. The highest BCUT2D eigenvalue weighted by Gasteiger charge is 2.39. The van der Waals surface area contributed by atoms with Crippen molar-refractivity contribution in [2.45, 2.75) is 38.3 Å². The number of rotatable bonds is 3. The number of nitrogens with zero attached hydrogens (tertiary/aromatic N) is 3. The van der Waals surface area contributed by atoms with Crippen LogP contribution in [0.2, 0.25) is 0 Å². The second-order valence-electron chi connectivity index (χ2n) is 4.97. The molecule has 0 spiro atoms. The molecule has 1 N–H and O–H groups in total. The van der Waals surface area contributed by atoms with Gasteiger partial charge in [-0.15, -0.1) is 0 Å². The molecule has 1 aromatic heterocycles. The van der Waals surface area contributed by atoms with Crippen LogP contribution < -0.4 is 0 Å². The van der Waals surface area contributed by atoms with Gasteiger partial charge in [-0.1, -0.05) is 12.1 Å². The molecule has 3 rings (SSSR count). The number of hydrogen-bond acceptors (Lipinski definition) is 3. The lowest BCUT2D eigenvalue weighted by molar-refractivity contribution is 0.0358. The first kappa shape index (κ1) is 12.3. The third-order valence-electron chi connectivity index (χ3n) is 3.85. The van der Waals surface area contributed by atoms with Crippen molar-refractivity contribution in [3.8, 4) is 0 Å². The number of fused-ring (bicyclic) bond motifs is 1. The van der Waals surface area contributed by atoms with E-state index in [1.54, 1.807) is 16.8 Å². The van der Waals surface area contributed by atoms with E-state index >= 15 is 0 Å². The molecule has 1 unspecified atom stereocenters. The summed E-state index contributed by atoms with van der Waals surface area (Å²) >= 11 is 0. The first-order chi connectivity index (χ1) is 9.14. The molecule has 1 aliphatic carbocycles. The normalized spacial score (nSPS) is 21.6. The van der Waals surface area contributed by atoms with Gasteiger partial charge in [0.2, 0.25) is 0 Å². The summed E-state index contributed by atoms with van der Waals surface area (Å²) in [7, 11) is 0. The standard InChI is InChI=1S/C14H16FN3O/c1-2-18-13(16-9-17-18)8-14(19)7-6-10-11(14)4-3-5-12(10)15/h3-5,9,19H,2,6-8H2,1H3. The SMILES string of the molecule is CCn1ncnc1CC1(O)CCc2c(F)cccc21. The van der Waals surface area contributed by atoms with Gasteiger partial charge in [0.25, 0.3) is 0 Å². The number of benzene rings is 1. The van der Waals surface area contributed by atoms with E-state index in [1.165, 1.54) is 12.4 Å². The Morgan fingerprint density at radius 3 is 3.11 bits per heavy atom. The molecule has 5 heteroatoms. The minimum Gasteiger partial charge on any atom is -0.385 e. The van der Waals surface area contributed by atoms with Crippen LogP contribution in [0.4, 0.5) is 4.39 Å². The average molecular weight is 261 g/mol. The van der Waals surface area contributed by atoms with Gasteiger partial charge in [-0.2, -0.15) is 5.10 Å². The Kier molecular flexibility index (Phi) is 2.86. The largest absolute Gasteiger partial charge is 0.385 e. The zero-order chi connectivity index (χ0) is 13.5. The van der Waals surface area contributed by atoms with Crippen LogP contribution in [0.5, 0.6) is 0 Å². The molecular formula is C14H16FN3O. The summed E-state index contributed by atoms with van der Waals surface area (Å²) in [6.45, 7) is 2.69. The number of hydrogen-bond donors (Lipinski definition) is 1. The minimum atomic E-state index is -1.03. The van der Waals surface area contributed by atoms with Crippen molar-refractivity contribution in [3.05, 3.63) is 47.3 Å². The van der Waals surface area contributed by atoms with Crippen LogP contribution in [0.3, 0.4) is 0 Å². The summed E-state index contributed by atoms with van der Waals surface area (Å²) in [6.07, 6.45) is 2.96. The fourth-order valence-corrected chi connectivity index (χ4v) is 2.85. The third kappa shape index (κ3) is 1.94. The summed E-state index contributed by atoms with van der Waals surface area (Å²) in [5.41, 5.74) is 0.294. The Balaban J connectivity index is 1.97. The van der Waals surface area contributed by atoms with E-state index in [0.29, 0.717) is 36.9 Å². The van der Waals surface area contributed by atoms with Crippen molar-refractivity contribution in [2.24, 2.45) is 0 Å². The highest BCUT2D eigenvalue weighted by molar-refractivity contribution is 5.38. The maximum atomic E-state index is 13.7. The van der Waals surface area contributed by atoms with E-state index < -0.39 is 5.60 Å². The van der Waals surface area contributed by atoms with Crippen molar-refractivity contribution < 1.29 is 9.50 Å². The summed E-state index contributed by atoms with van der Waals surface area (Å²) < 4.78 is 15.5. The average Bonchev–Trinajstić information content (AvgIpc) is 2.96. The topological polar surface area (TPSA) is 50.9 Å². The predicted octanol–water partition coefficient (Wildman–Crippen LogP) is 1.81. The van der Waals surface area contributed by atoms with E-state index in [0.717, 1.165) is 5.82 Å². The van der Waals surface area contributed by atoms with Crippen molar-refractivity contribution in [2.75, 3.05) is 0 Å². The van der Waals surface area contributed by atoms with Crippen LogP contribution in [0.15, 0.2) is 24.5 Å². The molecule has 0 bridgehead atoms. The Hall–Kier alpha value is -1.75. The molecule has 0 fully saturated rings. The van der Waals surface area contributed by atoms with Gasteiger partial charge < -0.3 is 5.11 Å². The van der Waals surface area contributed by atoms with E-state index in [4.69, 9.17) is 0 Å². The summed E-state index contributed by atoms with van der Waals surface area (Å²) in [6, 6.07) is 4.90. The van der Waals surface area contributed by atoms with E-state index in [-0.39, 0.29) is 5.82 Å². The molecule has 19 heavy (non-hydrogen) atoms. The minimum absolute atomic E-state index is 0.231. The van der Waals surface area contributed by atoms with Gasteiger partial charge in [0.1, 0.15) is 18.0 Å². The van der Waals surface area contributed by atoms with Gasteiger partial charge in [0, 0.05) is 13.0 Å². The Morgan fingerprint density at radius 2 is 2.32 bits per heavy atom. The lowest BCUT2D eigenvalue weighted by Crippen LogP contribution is -2.27. The van der Waals surface area contributed by atoms with Gasteiger partial charge in [-0.25, -0.2) is 9.37 Å². The molecule has 0 saturated heterocycles. The Bertz CT molecular complexity index is 610. The Labute approximate surface area is 110 Å². The quantitative estimate of drug-likeness (QED) is 0.916. The molecule has 1 heterocycles. The molecule has 0 saturated carbocycles. The van der Waals surface area contributed by atoms with Gasteiger partial charge in [-0.05, 0) is 37.0 Å². The molecule has 0 amide bonds. The maximum absolute atomic E-state index is 13.7. The first-order valence-electron chi connectivity index (χ1n) is 6.51. The second-order valence-corrected chi connectivity index (χ2v) is 4.97. The Morgan fingerprint density at radius 1 is 1.47 bits per heavy atom. The molecule has 2 aromatic rings. The number of aromatic nitrogens is 3. The lowest BCUT2D eigenvalue weighted by Gasteiger charge is -2.23. The molecule has 0 radical (unpaired) electrons. The number of halogens is 1. The van der Waals surface area contributed by atoms with E-state index in [2.05, 4.69) is 10.1 Å². The molecule has 4 nitrogen and oxygen atoms in total. The van der Waals surface area contributed by atoms with Crippen molar-refractivity contribution >= 4 is 0 Å². The fourth-order valence-electron chi connectivity index (χ4n) is 2.85. The van der Waals surface area contributed by atoms with Crippen LogP contribution in [0.25, 0.3) is 0 Å². The molecule has 1 aliphatic rings. The molecule has 100 valence electrons. The van der Waals surface area contributed by atoms with Crippen LogP contribution >= 0.6 is 0 Å². The van der Waals surface area contributed by atoms with Gasteiger partial charge in [0.05, 0.1) is 5.60 Å². The van der Waals surface area contributed by atoms with Crippen LogP contribution in [0.1, 0.15) is 30.3 Å². The lowest BCUT2D eigenvalue weighted by atomic mass is 9.92.